The zero-order valence-electron chi connectivity index (χ0n) is 13.8. The molecule has 3 rings (SSSR count). The van der Waals surface area contributed by atoms with Gasteiger partial charge < -0.3 is 10.2 Å². The van der Waals surface area contributed by atoms with Crippen molar-refractivity contribution in [1.82, 2.24) is 15.3 Å². The molecule has 0 aliphatic carbocycles. The average molecular weight is 379 g/mol. The van der Waals surface area contributed by atoms with Gasteiger partial charge in [-0.15, -0.1) is 0 Å². The Labute approximate surface area is 157 Å². The maximum Gasteiger partial charge on any atom is 0.270 e. The van der Waals surface area contributed by atoms with Crippen molar-refractivity contribution in [3.05, 3.63) is 51.8 Å². The summed E-state index contributed by atoms with van der Waals surface area (Å²) in [5.41, 5.74) is 1.33. The summed E-state index contributed by atoms with van der Waals surface area (Å²) < 4.78 is 0. The molecule has 0 radical (unpaired) electrons. The summed E-state index contributed by atoms with van der Waals surface area (Å²) in [5, 5.41) is 4.09. The van der Waals surface area contributed by atoms with E-state index in [4.69, 9.17) is 23.2 Å². The van der Waals surface area contributed by atoms with Crippen LogP contribution in [0.2, 0.25) is 10.0 Å². The van der Waals surface area contributed by atoms with Gasteiger partial charge in [-0.1, -0.05) is 29.3 Å². The van der Waals surface area contributed by atoms with E-state index in [1.807, 2.05) is 6.07 Å². The van der Waals surface area contributed by atoms with Gasteiger partial charge in [-0.2, -0.15) is 0 Å². The monoisotopic (exact) mass is 378 g/mol. The van der Waals surface area contributed by atoms with Gasteiger partial charge in [0.2, 0.25) is 5.95 Å². The molecule has 0 bridgehead atoms. The van der Waals surface area contributed by atoms with Crippen LogP contribution in [0.25, 0.3) is 0 Å². The summed E-state index contributed by atoms with van der Waals surface area (Å²) >= 11 is 12.0. The molecule has 7 heteroatoms. The zero-order valence-corrected chi connectivity index (χ0v) is 15.4. The van der Waals surface area contributed by atoms with E-state index in [0.29, 0.717) is 34.7 Å². The third-order valence-electron chi connectivity index (χ3n) is 4.21. The quantitative estimate of drug-likeness (QED) is 0.860. The first-order valence-corrected chi connectivity index (χ1v) is 9.19. The van der Waals surface area contributed by atoms with E-state index < -0.39 is 0 Å². The zero-order chi connectivity index (χ0) is 17.6. The lowest BCUT2D eigenvalue weighted by molar-refractivity contribution is 0.0949. The van der Waals surface area contributed by atoms with Crippen molar-refractivity contribution in [3.63, 3.8) is 0 Å². The molecular weight excluding hydrogens is 359 g/mol. The lowest BCUT2D eigenvalue weighted by Gasteiger charge is -2.26. The normalized spacial score (nSPS) is 14.4. The van der Waals surface area contributed by atoms with E-state index in [1.54, 1.807) is 24.4 Å². The van der Waals surface area contributed by atoms with Crippen LogP contribution in [0.5, 0.6) is 0 Å². The van der Waals surface area contributed by atoms with Crippen LogP contribution in [-0.4, -0.2) is 35.5 Å². The Hall–Kier alpha value is -1.85. The molecule has 1 aliphatic rings. The first kappa shape index (κ1) is 18.0. The number of hydrogen-bond acceptors (Lipinski definition) is 4. The highest BCUT2D eigenvalue weighted by Gasteiger charge is 2.15. The number of carbonyl (C=O) groups excluding carboxylic acids is 1. The molecule has 0 saturated carbocycles. The largest absolute Gasteiger partial charge is 0.350 e. The molecule has 2 aromatic rings. The Bertz CT molecular complexity index is 748. The van der Waals surface area contributed by atoms with Crippen LogP contribution in [-0.2, 0) is 6.42 Å². The minimum atomic E-state index is -0.203. The number of aromatic nitrogens is 2. The number of amides is 1. The van der Waals surface area contributed by atoms with Crippen LogP contribution in [0.3, 0.4) is 0 Å². The van der Waals surface area contributed by atoms with Gasteiger partial charge in [-0.05, 0) is 49.4 Å². The van der Waals surface area contributed by atoms with Gasteiger partial charge in [0.25, 0.3) is 5.91 Å². The summed E-state index contributed by atoms with van der Waals surface area (Å²) in [7, 11) is 0. The second kappa shape index (κ2) is 8.50. The number of nitrogens with one attached hydrogen (secondary N) is 1. The number of hydrogen-bond donors (Lipinski definition) is 1. The molecule has 1 saturated heterocycles. The number of benzene rings is 1. The van der Waals surface area contributed by atoms with E-state index in [2.05, 4.69) is 20.2 Å². The second-order valence-electron chi connectivity index (χ2n) is 6.03. The number of rotatable bonds is 5. The van der Waals surface area contributed by atoms with Crippen molar-refractivity contribution in [2.45, 2.75) is 25.7 Å². The highest BCUT2D eigenvalue weighted by Crippen LogP contribution is 2.21. The highest BCUT2D eigenvalue weighted by molar-refractivity contribution is 6.35. The predicted molar refractivity (Wildman–Crippen MR) is 101 cm³/mol. The van der Waals surface area contributed by atoms with Crippen molar-refractivity contribution < 1.29 is 4.79 Å². The van der Waals surface area contributed by atoms with Gasteiger partial charge in [0.15, 0.2) is 0 Å². The molecule has 0 atom stereocenters. The first-order chi connectivity index (χ1) is 12.1. The van der Waals surface area contributed by atoms with Crippen LogP contribution in [0.4, 0.5) is 5.95 Å². The molecule has 1 aromatic heterocycles. The van der Waals surface area contributed by atoms with Crippen LogP contribution in [0, 0.1) is 0 Å². The smallest absolute Gasteiger partial charge is 0.270 e. The average Bonchev–Trinajstić information content (AvgIpc) is 2.64. The number of halogens is 2. The van der Waals surface area contributed by atoms with Gasteiger partial charge in [-0.3, -0.25) is 4.79 Å². The maximum absolute atomic E-state index is 12.3. The number of carbonyl (C=O) groups is 1. The lowest BCUT2D eigenvalue weighted by Crippen LogP contribution is -2.32. The summed E-state index contributed by atoms with van der Waals surface area (Å²) in [4.78, 5) is 23.2. The molecule has 1 aromatic carbocycles. The van der Waals surface area contributed by atoms with Crippen molar-refractivity contribution in [2.24, 2.45) is 0 Å². The fourth-order valence-corrected chi connectivity index (χ4v) is 3.35. The maximum atomic E-state index is 12.3. The number of nitrogens with zero attached hydrogens (tertiary/aromatic N) is 3. The molecule has 132 valence electrons. The van der Waals surface area contributed by atoms with Crippen molar-refractivity contribution in [1.29, 1.82) is 0 Å². The fraction of sp³-hybridized carbons (Fsp3) is 0.389. The van der Waals surface area contributed by atoms with E-state index >= 15 is 0 Å². The van der Waals surface area contributed by atoms with Gasteiger partial charge in [0.05, 0.1) is 0 Å². The molecular formula is C18H20Cl2N4O. The number of piperidine rings is 1. The topological polar surface area (TPSA) is 58.1 Å². The van der Waals surface area contributed by atoms with E-state index in [-0.39, 0.29) is 5.91 Å². The van der Waals surface area contributed by atoms with Crippen LogP contribution >= 0.6 is 23.2 Å². The summed E-state index contributed by atoms with van der Waals surface area (Å²) in [6.45, 7) is 2.36. The van der Waals surface area contributed by atoms with Crippen LogP contribution in [0.1, 0.15) is 35.3 Å². The molecule has 1 amide bonds. The molecule has 5 nitrogen and oxygen atoms in total. The van der Waals surface area contributed by atoms with Crippen LogP contribution in [0.15, 0.2) is 30.5 Å². The third-order valence-corrected chi connectivity index (χ3v) is 4.80. The minimum absolute atomic E-state index is 0.203. The third kappa shape index (κ3) is 4.83. The van der Waals surface area contributed by atoms with Crippen LogP contribution < -0.4 is 10.2 Å². The van der Waals surface area contributed by atoms with Crippen molar-refractivity contribution in [2.75, 3.05) is 24.5 Å². The Kier molecular flexibility index (Phi) is 6.10. The highest BCUT2D eigenvalue weighted by atomic mass is 35.5. The van der Waals surface area contributed by atoms with E-state index in [1.165, 1.54) is 6.42 Å². The van der Waals surface area contributed by atoms with Crippen molar-refractivity contribution in [3.8, 4) is 0 Å². The molecule has 1 N–H and O–H groups in total. The van der Waals surface area contributed by atoms with E-state index in [0.717, 1.165) is 31.5 Å². The number of anilines is 1. The molecule has 1 aliphatic heterocycles. The van der Waals surface area contributed by atoms with Gasteiger partial charge in [0.1, 0.15) is 5.69 Å². The van der Waals surface area contributed by atoms with Gasteiger partial charge in [0, 0.05) is 35.9 Å². The molecule has 1 fully saturated rings. The molecule has 0 spiro atoms. The summed E-state index contributed by atoms with van der Waals surface area (Å²) in [5.74, 6) is 0.429. The lowest BCUT2D eigenvalue weighted by atomic mass is 10.1. The SMILES string of the molecule is O=C(NCCc1ccc(Cl)cc1Cl)c1ccnc(N2CCCCC2)n1. The first-order valence-electron chi connectivity index (χ1n) is 8.43. The molecule has 0 unspecified atom stereocenters. The van der Waals surface area contributed by atoms with Gasteiger partial charge >= 0.3 is 0 Å². The Morgan fingerprint density at radius 3 is 2.72 bits per heavy atom. The Morgan fingerprint density at radius 1 is 1.16 bits per heavy atom. The standard InChI is InChI=1S/C18H20Cl2N4O/c19-14-5-4-13(15(20)12-14)6-8-21-17(25)16-7-9-22-18(23-16)24-10-2-1-3-11-24/h4-5,7,9,12H,1-3,6,8,10-11H2,(H,21,25). The fourth-order valence-electron chi connectivity index (χ4n) is 2.85. The summed E-state index contributed by atoms with van der Waals surface area (Å²) in [6.07, 6.45) is 5.79. The van der Waals surface area contributed by atoms with E-state index in [9.17, 15) is 4.79 Å². The van der Waals surface area contributed by atoms with Gasteiger partial charge in [-0.25, -0.2) is 9.97 Å². The Balaban J connectivity index is 1.57. The minimum Gasteiger partial charge on any atom is -0.350 e. The Morgan fingerprint density at radius 2 is 1.96 bits per heavy atom. The second-order valence-corrected chi connectivity index (χ2v) is 6.87. The van der Waals surface area contributed by atoms with Crippen molar-refractivity contribution >= 4 is 35.1 Å². The molecule has 25 heavy (non-hydrogen) atoms. The molecule has 2 heterocycles. The predicted octanol–water partition coefficient (Wildman–Crippen LogP) is 3.75. The summed E-state index contributed by atoms with van der Waals surface area (Å²) in [6, 6.07) is 7.00.